The summed E-state index contributed by atoms with van der Waals surface area (Å²) in [7, 11) is 0. The van der Waals surface area contributed by atoms with E-state index in [0.717, 1.165) is 17.5 Å². The lowest BCUT2D eigenvalue weighted by Crippen LogP contribution is -2.44. The number of hydrogen-bond acceptors (Lipinski definition) is 6. The van der Waals surface area contributed by atoms with E-state index in [2.05, 4.69) is 10.6 Å². The smallest absolute Gasteiger partial charge is 0.253 e. The predicted molar refractivity (Wildman–Crippen MR) is 100.0 cm³/mol. The van der Waals surface area contributed by atoms with Crippen LogP contribution in [-0.2, 0) is 29.1 Å². The van der Waals surface area contributed by atoms with Gasteiger partial charge in [0.1, 0.15) is 17.4 Å². The van der Waals surface area contributed by atoms with Gasteiger partial charge >= 0.3 is 0 Å². The average Bonchev–Trinajstić information content (AvgIpc) is 3.12. The monoisotopic (exact) mass is 368 g/mol. The van der Waals surface area contributed by atoms with Gasteiger partial charge in [-0.05, 0) is 29.5 Å². The van der Waals surface area contributed by atoms with E-state index in [9.17, 15) is 19.2 Å². The lowest BCUT2D eigenvalue weighted by molar-refractivity contribution is -0.125. The van der Waals surface area contributed by atoms with Gasteiger partial charge in [0.05, 0.1) is 0 Å². The maximum Gasteiger partial charge on any atom is 0.253 e. The third-order valence-corrected chi connectivity index (χ3v) is 5.30. The molecule has 0 aromatic heterocycles. The highest BCUT2D eigenvalue weighted by Gasteiger charge is 2.28. The van der Waals surface area contributed by atoms with Crippen LogP contribution in [0.1, 0.15) is 29.5 Å². The number of nitrogens with zero attached hydrogens (tertiary/aromatic N) is 1. The Hall–Kier alpha value is -3.16. The number of nitrogen functional groups attached to an aromatic ring is 1. The lowest BCUT2D eigenvalue weighted by atomic mass is 9.96. The van der Waals surface area contributed by atoms with E-state index in [1.165, 1.54) is 5.56 Å². The Morgan fingerprint density at radius 3 is 2.70 bits per heavy atom. The second kappa shape index (κ2) is 6.53. The molecule has 1 atom stereocenters. The van der Waals surface area contributed by atoms with Gasteiger partial charge in [0.15, 0.2) is 0 Å². The molecular formula is C19H20N4O4. The third kappa shape index (κ3) is 3.07. The summed E-state index contributed by atoms with van der Waals surface area (Å²) < 4.78 is 0. The molecule has 2 aliphatic heterocycles. The predicted octanol–water partition coefficient (Wildman–Crippen LogP) is -0.678. The Kier molecular flexibility index (Phi) is 4.18. The fraction of sp³-hybridized carbons (Fsp3) is 0.368. The van der Waals surface area contributed by atoms with Gasteiger partial charge in [-0.1, -0.05) is 18.2 Å². The molecule has 0 spiro atoms. The summed E-state index contributed by atoms with van der Waals surface area (Å²) in [6.07, 6.45) is 1.66. The van der Waals surface area contributed by atoms with Crippen molar-refractivity contribution in [3.05, 3.63) is 55.3 Å². The van der Waals surface area contributed by atoms with Gasteiger partial charge in [0.25, 0.3) is 10.9 Å². The van der Waals surface area contributed by atoms with Crippen molar-refractivity contribution < 1.29 is 9.59 Å². The minimum Gasteiger partial charge on any atom is -0.394 e. The maximum atomic E-state index is 12.1. The third-order valence-electron chi connectivity index (χ3n) is 5.30. The van der Waals surface area contributed by atoms with Crippen LogP contribution in [0.25, 0.3) is 0 Å². The van der Waals surface area contributed by atoms with Gasteiger partial charge in [-0.15, -0.1) is 0 Å². The molecular weight excluding hydrogens is 348 g/mol. The van der Waals surface area contributed by atoms with Crippen molar-refractivity contribution in [1.82, 2.24) is 10.6 Å². The Balaban J connectivity index is 1.43. The van der Waals surface area contributed by atoms with E-state index in [-0.39, 0.29) is 17.5 Å². The van der Waals surface area contributed by atoms with Crippen LogP contribution in [0.15, 0.2) is 27.8 Å². The summed E-state index contributed by atoms with van der Waals surface area (Å²) in [4.78, 5) is 48.3. The molecule has 2 aliphatic rings. The van der Waals surface area contributed by atoms with Gasteiger partial charge in [-0.25, -0.2) is 0 Å². The molecule has 1 fully saturated rings. The van der Waals surface area contributed by atoms with Gasteiger partial charge < -0.3 is 21.3 Å². The molecule has 2 aromatic rings. The standard InChI is InChI=1S/C19H20N4O4/c20-15-16(18(26)17(15)25)23-6-5-11-2-1-10(7-12(11)9-23)8-21-19(27)13-3-4-14(24)22-13/h1-2,7,13H,3-6,8-9,20H2,(H,21,27)(H,22,24)/t13-/m1/s1. The second-order valence-electron chi connectivity index (χ2n) is 7.07. The van der Waals surface area contributed by atoms with E-state index in [4.69, 9.17) is 5.73 Å². The Morgan fingerprint density at radius 1 is 1.19 bits per heavy atom. The molecule has 0 bridgehead atoms. The molecule has 2 aromatic carbocycles. The largest absolute Gasteiger partial charge is 0.394 e. The molecule has 2 amide bonds. The van der Waals surface area contributed by atoms with Crippen LogP contribution >= 0.6 is 0 Å². The summed E-state index contributed by atoms with van der Waals surface area (Å²) in [5.41, 5.74) is 8.09. The zero-order valence-electron chi connectivity index (χ0n) is 14.7. The maximum absolute atomic E-state index is 12.1. The summed E-state index contributed by atoms with van der Waals surface area (Å²) in [6, 6.07) is 5.53. The molecule has 0 unspecified atom stereocenters. The van der Waals surface area contributed by atoms with Crippen molar-refractivity contribution >= 4 is 23.2 Å². The minimum atomic E-state index is -0.605. The van der Waals surface area contributed by atoms with E-state index in [1.807, 2.05) is 23.1 Å². The van der Waals surface area contributed by atoms with Crippen LogP contribution < -0.4 is 32.1 Å². The zero-order valence-corrected chi connectivity index (χ0v) is 14.7. The van der Waals surface area contributed by atoms with Gasteiger partial charge in [-0.3, -0.25) is 19.2 Å². The molecule has 8 heteroatoms. The van der Waals surface area contributed by atoms with E-state index in [1.54, 1.807) is 0 Å². The van der Waals surface area contributed by atoms with Gasteiger partial charge in [-0.2, -0.15) is 0 Å². The van der Waals surface area contributed by atoms with Crippen molar-refractivity contribution in [2.75, 3.05) is 17.2 Å². The number of carbonyl (C=O) groups excluding carboxylic acids is 2. The lowest BCUT2D eigenvalue weighted by Gasteiger charge is -2.32. The Bertz CT molecular complexity index is 1010. The van der Waals surface area contributed by atoms with E-state index < -0.39 is 16.9 Å². The van der Waals surface area contributed by atoms with Crippen LogP contribution in [-0.4, -0.2) is 24.4 Å². The molecule has 140 valence electrons. The number of fused-ring (bicyclic) bond motifs is 1. The quantitative estimate of drug-likeness (QED) is 0.615. The van der Waals surface area contributed by atoms with Crippen molar-refractivity contribution in [3.63, 3.8) is 0 Å². The van der Waals surface area contributed by atoms with Crippen LogP contribution in [0.2, 0.25) is 0 Å². The fourth-order valence-corrected chi connectivity index (χ4v) is 3.75. The normalized spacial score (nSPS) is 19.0. The van der Waals surface area contributed by atoms with Gasteiger partial charge in [0.2, 0.25) is 11.8 Å². The van der Waals surface area contributed by atoms with Crippen LogP contribution in [0.5, 0.6) is 0 Å². The van der Waals surface area contributed by atoms with Crippen molar-refractivity contribution in [1.29, 1.82) is 0 Å². The first kappa shape index (κ1) is 17.3. The van der Waals surface area contributed by atoms with Crippen molar-refractivity contribution in [2.24, 2.45) is 0 Å². The summed E-state index contributed by atoms with van der Waals surface area (Å²) in [6.45, 7) is 1.51. The Labute approximate surface area is 155 Å². The number of nitrogens with two attached hydrogens (primary N) is 1. The number of rotatable bonds is 4. The zero-order chi connectivity index (χ0) is 19.1. The minimum absolute atomic E-state index is 0.0467. The average molecular weight is 368 g/mol. The molecule has 4 N–H and O–H groups in total. The van der Waals surface area contributed by atoms with Crippen LogP contribution in [0.3, 0.4) is 0 Å². The van der Waals surface area contributed by atoms with E-state index >= 15 is 0 Å². The first-order chi connectivity index (χ1) is 12.9. The van der Waals surface area contributed by atoms with Gasteiger partial charge in [0, 0.05) is 26.1 Å². The molecule has 0 radical (unpaired) electrons. The van der Waals surface area contributed by atoms with Crippen LogP contribution in [0.4, 0.5) is 11.4 Å². The molecule has 0 aliphatic carbocycles. The topological polar surface area (TPSA) is 122 Å². The SMILES string of the molecule is Nc1c(N2CCc3ccc(CNC(=O)[C@H]4CCC(=O)N4)cc3C2)c(=O)c1=O. The number of amides is 2. The number of hydrogen-bond donors (Lipinski definition) is 3. The molecule has 1 saturated heterocycles. The first-order valence-electron chi connectivity index (χ1n) is 8.95. The highest BCUT2D eigenvalue weighted by molar-refractivity contribution is 5.90. The highest BCUT2D eigenvalue weighted by Crippen LogP contribution is 2.26. The molecule has 8 nitrogen and oxygen atoms in total. The second-order valence-corrected chi connectivity index (χ2v) is 7.07. The Morgan fingerprint density at radius 2 is 2.00 bits per heavy atom. The fourth-order valence-electron chi connectivity index (χ4n) is 3.75. The molecule has 27 heavy (non-hydrogen) atoms. The van der Waals surface area contributed by atoms with Crippen molar-refractivity contribution in [3.8, 4) is 0 Å². The summed E-state index contributed by atoms with van der Waals surface area (Å²) >= 11 is 0. The van der Waals surface area contributed by atoms with E-state index in [0.29, 0.717) is 38.2 Å². The molecule has 0 saturated carbocycles. The number of carbonyl (C=O) groups is 2. The number of nitrogens with one attached hydrogen (secondary N) is 2. The molecule has 4 rings (SSSR count). The number of anilines is 2. The highest BCUT2D eigenvalue weighted by atomic mass is 16.2. The van der Waals surface area contributed by atoms with Crippen molar-refractivity contribution in [2.45, 2.75) is 38.4 Å². The summed E-state index contributed by atoms with van der Waals surface area (Å²) in [5, 5.41) is 5.50. The summed E-state index contributed by atoms with van der Waals surface area (Å²) in [5.74, 6) is -0.279. The van der Waals surface area contributed by atoms with Crippen LogP contribution in [0, 0.1) is 0 Å². The first-order valence-corrected chi connectivity index (χ1v) is 8.95. The number of benzene rings is 1. The molecule has 2 heterocycles.